The number of amides is 1. The summed E-state index contributed by atoms with van der Waals surface area (Å²) in [6.45, 7) is 3.75. The Bertz CT molecular complexity index is 476. The highest BCUT2D eigenvalue weighted by Crippen LogP contribution is 2.37. The number of carbonyl (C=O) groups excluding carboxylic acids is 1. The lowest BCUT2D eigenvalue weighted by molar-refractivity contribution is -0.118. The number of hydrogen-bond donors (Lipinski definition) is 2. The van der Waals surface area contributed by atoms with E-state index in [0.717, 1.165) is 16.1 Å². The molecule has 5 heteroatoms. The maximum Gasteiger partial charge on any atom is 0.248 e. The van der Waals surface area contributed by atoms with Gasteiger partial charge in [0.15, 0.2) is 0 Å². The summed E-state index contributed by atoms with van der Waals surface area (Å²) >= 11 is 1.59. The van der Waals surface area contributed by atoms with Crippen LogP contribution in [0.15, 0.2) is 23.1 Å². The number of aliphatic hydroxyl groups is 1. The molecule has 0 fully saturated rings. The van der Waals surface area contributed by atoms with Crippen molar-refractivity contribution in [2.24, 2.45) is 5.73 Å². The number of nitrogens with zero attached hydrogens (tertiary/aromatic N) is 1. The zero-order chi connectivity index (χ0) is 13.4. The standard InChI is InChI=1S/C13H18N2O2S/c1-7(16)8(2)18-9-4-5-10-11(6-9)15(3)13(17)12(10)14/h4-8,12,16H,14H2,1-3H3. The molecular formula is C13H18N2O2S. The number of rotatable bonds is 3. The fraction of sp³-hybridized carbons (Fsp3) is 0.462. The molecule has 0 saturated heterocycles. The SMILES string of the molecule is CC(O)C(C)Sc1ccc2c(c1)N(C)C(=O)C2N. The molecule has 0 radical (unpaired) electrons. The van der Waals surface area contributed by atoms with Crippen molar-refractivity contribution in [1.82, 2.24) is 0 Å². The van der Waals surface area contributed by atoms with Gasteiger partial charge in [-0.15, -0.1) is 11.8 Å². The third kappa shape index (κ3) is 2.25. The summed E-state index contributed by atoms with van der Waals surface area (Å²) in [4.78, 5) is 14.4. The van der Waals surface area contributed by atoms with Gasteiger partial charge in [-0.3, -0.25) is 4.79 Å². The van der Waals surface area contributed by atoms with Gasteiger partial charge in [0, 0.05) is 28.4 Å². The number of fused-ring (bicyclic) bond motifs is 1. The first-order chi connectivity index (χ1) is 8.41. The zero-order valence-electron chi connectivity index (χ0n) is 10.8. The number of aliphatic hydroxyl groups excluding tert-OH is 1. The zero-order valence-corrected chi connectivity index (χ0v) is 11.6. The van der Waals surface area contributed by atoms with Gasteiger partial charge in [0.2, 0.25) is 5.91 Å². The first-order valence-corrected chi connectivity index (χ1v) is 6.81. The van der Waals surface area contributed by atoms with Gasteiger partial charge >= 0.3 is 0 Å². The van der Waals surface area contributed by atoms with E-state index in [1.807, 2.05) is 25.1 Å². The van der Waals surface area contributed by atoms with Gasteiger partial charge in [-0.05, 0) is 19.1 Å². The Balaban J connectivity index is 2.26. The summed E-state index contributed by atoms with van der Waals surface area (Å²) < 4.78 is 0. The van der Waals surface area contributed by atoms with Crippen LogP contribution in [0.25, 0.3) is 0 Å². The van der Waals surface area contributed by atoms with E-state index in [9.17, 15) is 9.90 Å². The highest BCUT2D eigenvalue weighted by atomic mass is 32.2. The van der Waals surface area contributed by atoms with Crippen LogP contribution in [0, 0.1) is 0 Å². The molecule has 2 rings (SSSR count). The third-order valence-corrected chi connectivity index (χ3v) is 4.59. The summed E-state index contributed by atoms with van der Waals surface area (Å²) in [6.07, 6.45) is -0.370. The van der Waals surface area contributed by atoms with Gasteiger partial charge in [0.25, 0.3) is 0 Å². The lowest BCUT2D eigenvalue weighted by atomic mass is 10.1. The van der Waals surface area contributed by atoms with Crippen LogP contribution in [0.3, 0.4) is 0 Å². The summed E-state index contributed by atoms with van der Waals surface area (Å²) in [6, 6.07) is 5.27. The number of anilines is 1. The second-order valence-corrected chi connectivity index (χ2v) is 6.11. The number of benzene rings is 1. The molecule has 3 atom stereocenters. The average Bonchev–Trinajstić information content (AvgIpc) is 2.54. The van der Waals surface area contributed by atoms with Crippen LogP contribution in [0.1, 0.15) is 25.5 Å². The Labute approximate surface area is 111 Å². The van der Waals surface area contributed by atoms with E-state index in [1.165, 1.54) is 0 Å². The van der Waals surface area contributed by atoms with Crippen molar-refractivity contribution in [2.45, 2.75) is 36.1 Å². The topological polar surface area (TPSA) is 66.6 Å². The summed E-state index contributed by atoms with van der Waals surface area (Å²) in [5.74, 6) is -0.0734. The molecule has 1 heterocycles. The molecule has 98 valence electrons. The molecule has 1 aliphatic rings. The van der Waals surface area contributed by atoms with Crippen LogP contribution in [-0.2, 0) is 4.79 Å². The van der Waals surface area contributed by atoms with Gasteiger partial charge in [-0.2, -0.15) is 0 Å². The molecule has 18 heavy (non-hydrogen) atoms. The molecule has 0 aliphatic carbocycles. The highest BCUT2D eigenvalue weighted by molar-refractivity contribution is 8.00. The van der Waals surface area contributed by atoms with E-state index >= 15 is 0 Å². The number of hydrogen-bond acceptors (Lipinski definition) is 4. The van der Waals surface area contributed by atoms with E-state index < -0.39 is 6.04 Å². The lowest BCUT2D eigenvalue weighted by Crippen LogP contribution is -2.27. The van der Waals surface area contributed by atoms with Crippen molar-refractivity contribution < 1.29 is 9.90 Å². The van der Waals surface area contributed by atoms with Crippen LogP contribution in [0.5, 0.6) is 0 Å². The molecule has 3 unspecified atom stereocenters. The number of nitrogens with two attached hydrogens (primary N) is 1. The Kier molecular flexibility index (Phi) is 3.66. The van der Waals surface area contributed by atoms with Crippen molar-refractivity contribution in [3.63, 3.8) is 0 Å². The second-order valence-electron chi connectivity index (χ2n) is 4.66. The van der Waals surface area contributed by atoms with Crippen LogP contribution >= 0.6 is 11.8 Å². The predicted molar refractivity (Wildman–Crippen MR) is 73.8 cm³/mol. The third-order valence-electron chi connectivity index (χ3n) is 3.30. The largest absolute Gasteiger partial charge is 0.392 e. The minimum Gasteiger partial charge on any atom is -0.392 e. The summed E-state index contributed by atoms with van der Waals surface area (Å²) in [5.41, 5.74) is 7.58. The highest BCUT2D eigenvalue weighted by Gasteiger charge is 2.32. The first kappa shape index (κ1) is 13.4. The van der Waals surface area contributed by atoms with Crippen LogP contribution < -0.4 is 10.6 Å². The molecule has 0 spiro atoms. The average molecular weight is 266 g/mol. The summed E-state index contributed by atoms with van der Waals surface area (Å²) in [5, 5.41) is 9.62. The lowest BCUT2D eigenvalue weighted by Gasteiger charge is -2.16. The maximum atomic E-state index is 11.8. The van der Waals surface area contributed by atoms with E-state index in [4.69, 9.17) is 5.73 Å². The van der Waals surface area contributed by atoms with Crippen molar-refractivity contribution in [3.8, 4) is 0 Å². The van der Waals surface area contributed by atoms with Crippen LogP contribution in [0.4, 0.5) is 5.69 Å². The predicted octanol–water partition coefficient (Wildman–Crippen LogP) is 1.52. The number of likely N-dealkylation sites (N-methyl/N-ethyl adjacent to an activating group) is 1. The molecule has 0 saturated carbocycles. The molecule has 1 aliphatic heterocycles. The molecule has 3 N–H and O–H groups in total. The maximum absolute atomic E-state index is 11.8. The molecular weight excluding hydrogens is 248 g/mol. The number of thioether (sulfide) groups is 1. The molecule has 4 nitrogen and oxygen atoms in total. The Morgan fingerprint density at radius 2 is 2.11 bits per heavy atom. The Hall–Kier alpha value is -1.04. The molecule has 0 aromatic heterocycles. The quantitative estimate of drug-likeness (QED) is 0.814. The van der Waals surface area contributed by atoms with E-state index in [-0.39, 0.29) is 17.3 Å². The van der Waals surface area contributed by atoms with E-state index in [1.54, 1.807) is 30.6 Å². The molecule has 1 aromatic carbocycles. The fourth-order valence-electron chi connectivity index (χ4n) is 1.92. The van der Waals surface area contributed by atoms with Gasteiger partial charge in [-0.25, -0.2) is 0 Å². The molecule has 1 amide bonds. The molecule has 0 bridgehead atoms. The fourth-order valence-corrected chi connectivity index (χ4v) is 2.88. The van der Waals surface area contributed by atoms with E-state index in [0.29, 0.717) is 0 Å². The van der Waals surface area contributed by atoms with Crippen molar-refractivity contribution in [3.05, 3.63) is 23.8 Å². The molecule has 1 aromatic rings. The van der Waals surface area contributed by atoms with Gasteiger partial charge in [0.1, 0.15) is 6.04 Å². The van der Waals surface area contributed by atoms with Crippen molar-refractivity contribution in [1.29, 1.82) is 0 Å². The number of carbonyl (C=O) groups is 1. The van der Waals surface area contributed by atoms with Crippen LogP contribution in [0.2, 0.25) is 0 Å². The minimum atomic E-state index is -0.543. The Morgan fingerprint density at radius 1 is 1.44 bits per heavy atom. The normalized spacial score (nSPS) is 21.9. The van der Waals surface area contributed by atoms with Crippen LogP contribution in [-0.4, -0.2) is 29.4 Å². The van der Waals surface area contributed by atoms with Gasteiger partial charge < -0.3 is 15.7 Å². The first-order valence-electron chi connectivity index (χ1n) is 5.93. The smallest absolute Gasteiger partial charge is 0.248 e. The van der Waals surface area contributed by atoms with E-state index in [2.05, 4.69) is 0 Å². The van der Waals surface area contributed by atoms with Gasteiger partial charge in [0.05, 0.1) is 6.10 Å². The monoisotopic (exact) mass is 266 g/mol. The summed E-state index contributed by atoms with van der Waals surface area (Å²) in [7, 11) is 1.74. The minimum absolute atomic E-state index is 0.0734. The van der Waals surface area contributed by atoms with Crippen molar-refractivity contribution in [2.75, 3.05) is 11.9 Å². The van der Waals surface area contributed by atoms with Gasteiger partial charge in [-0.1, -0.05) is 13.0 Å². The second kappa shape index (κ2) is 4.91. The van der Waals surface area contributed by atoms with Crippen molar-refractivity contribution >= 4 is 23.4 Å². The Morgan fingerprint density at radius 3 is 2.72 bits per heavy atom.